The Kier molecular flexibility index (Phi) is 6.23. The summed E-state index contributed by atoms with van der Waals surface area (Å²) >= 11 is 0. The summed E-state index contributed by atoms with van der Waals surface area (Å²) in [7, 11) is 1.06. The average Bonchev–Trinajstić information content (AvgIpc) is 2.56. The van der Waals surface area contributed by atoms with E-state index in [0.717, 1.165) is 6.42 Å². The summed E-state index contributed by atoms with van der Waals surface area (Å²) in [6.07, 6.45) is 3.02. The van der Waals surface area contributed by atoms with Crippen molar-refractivity contribution in [2.75, 3.05) is 20.3 Å². The number of esters is 1. The van der Waals surface area contributed by atoms with Crippen LogP contribution in [0.2, 0.25) is 0 Å². The van der Waals surface area contributed by atoms with E-state index in [2.05, 4.69) is 4.74 Å². The second kappa shape index (κ2) is 7.25. The zero-order valence-corrected chi connectivity index (χ0v) is 13.1. The highest BCUT2D eigenvalue weighted by atomic mass is 16.7. The molecule has 0 aromatic rings. The van der Waals surface area contributed by atoms with E-state index in [0.29, 0.717) is 13.2 Å². The van der Waals surface area contributed by atoms with Crippen LogP contribution in [0.5, 0.6) is 0 Å². The lowest BCUT2D eigenvalue weighted by Crippen LogP contribution is -2.41. The Hall–Kier alpha value is -0.845. The molecule has 0 N–H and O–H groups in total. The maximum Gasteiger partial charge on any atom is 0.486 e. The van der Waals surface area contributed by atoms with Crippen LogP contribution in [-0.4, -0.2) is 44.6 Å². The largest absolute Gasteiger partial charge is 0.486 e. The third kappa shape index (κ3) is 4.92. The molecule has 1 fully saturated rings. The van der Waals surface area contributed by atoms with Gasteiger partial charge in [0.15, 0.2) is 0 Å². The molecule has 0 amide bonds. The summed E-state index contributed by atoms with van der Waals surface area (Å²) in [5, 5.41) is 0. The maximum absolute atomic E-state index is 10.8. The van der Waals surface area contributed by atoms with Crippen molar-refractivity contribution in [1.82, 2.24) is 0 Å². The second-order valence-electron chi connectivity index (χ2n) is 5.78. The second-order valence-corrected chi connectivity index (χ2v) is 5.78. The molecular formula is C14H25BO5. The van der Waals surface area contributed by atoms with Gasteiger partial charge in [0.05, 0.1) is 31.3 Å². The highest BCUT2D eigenvalue weighted by Crippen LogP contribution is 2.36. The van der Waals surface area contributed by atoms with E-state index in [1.54, 1.807) is 0 Å². The van der Waals surface area contributed by atoms with Crippen LogP contribution >= 0.6 is 0 Å². The average molecular weight is 284 g/mol. The molecule has 1 aliphatic rings. The fourth-order valence-corrected chi connectivity index (χ4v) is 1.69. The van der Waals surface area contributed by atoms with Gasteiger partial charge < -0.3 is 18.8 Å². The minimum Gasteiger partial charge on any atom is -0.469 e. The number of carbonyl (C=O) groups is 1. The number of hydrogen-bond donors (Lipinski definition) is 0. The fraction of sp³-hybridized carbons (Fsp3) is 0.786. The molecule has 1 rings (SSSR count). The molecule has 0 bridgehead atoms. The zero-order chi connectivity index (χ0) is 15.2. The van der Waals surface area contributed by atoms with Crippen molar-refractivity contribution in [3.63, 3.8) is 0 Å². The topological polar surface area (TPSA) is 54.0 Å². The van der Waals surface area contributed by atoms with Crippen molar-refractivity contribution < 1.29 is 23.6 Å². The Labute approximate surface area is 121 Å². The van der Waals surface area contributed by atoms with Gasteiger partial charge in [-0.15, -0.1) is 0 Å². The summed E-state index contributed by atoms with van der Waals surface area (Å²) < 4.78 is 21.5. The lowest BCUT2D eigenvalue weighted by molar-refractivity contribution is -0.141. The summed E-state index contributed by atoms with van der Waals surface area (Å²) in [5.41, 5.74) is -0.613. The van der Waals surface area contributed by atoms with Crippen LogP contribution in [0.25, 0.3) is 0 Å². The summed E-state index contributed by atoms with van der Waals surface area (Å²) in [6, 6.07) is 0. The molecule has 1 aliphatic heterocycles. The van der Waals surface area contributed by atoms with E-state index in [1.165, 1.54) is 7.11 Å². The molecular weight excluding hydrogens is 259 g/mol. The Bertz CT molecular complexity index is 335. The number of ether oxygens (including phenoxy) is 2. The van der Waals surface area contributed by atoms with E-state index in [-0.39, 0.29) is 30.7 Å². The number of carbonyl (C=O) groups excluding carboxylic acids is 1. The summed E-state index contributed by atoms with van der Waals surface area (Å²) in [5.74, 6) is 1.65. The molecule has 1 saturated heterocycles. The van der Waals surface area contributed by atoms with Gasteiger partial charge >= 0.3 is 13.1 Å². The van der Waals surface area contributed by atoms with Gasteiger partial charge in [-0.3, -0.25) is 4.79 Å². The van der Waals surface area contributed by atoms with Gasteiger partial charge in [0.1, 0.15) is 0 Å². The first-order valence-electron chi connectivity index (χ1n) is 6.95. The molecule has 0 saturated carbocycles. The Morgan fingerprint density at radius 3 is 2.30 bits per heavy atom. The quantitative estimate of drug-likeness (QED) is 0.407. The predicted molar refractivity (Wildman–Crippen MR) is 77.3 cm³/mol. The van der Waals surface area contributed by atoms with Crippen LogP contribution in [0.4, 0.5) is 0 Å². The number of rotatable bonds is 7. The van der Waals surface area contributed by atoms with Crippen LogP contribution in [0.3, 0.4) is 0 Å². The molecule has 0 unspecified atom stereocenters. The molecule has 0 radical (unpaired) electrons. The van der Waals surface area contributed by atoms with Crippen LogP contribution in [0.1, 0.15) is 40.5 Å². The van der Waals surface area contributed by atoms with Crippen molar-refractivity contribution in [1.29, 1.82) is 0 Å². The summed E-state index contributed by atoms with van der Waals surface area (Å²) in [4.78, 5) is 10.8. The standard InChI is InChI=1S/C14H25BO5/c1-13(2)14(3,4)20-15(19-13)9-6-7-10-18-11-8-12(16)17-5/h6,9H,7-8,10-11H2,1-5H3/b9-6+. The first-order chi connectivity index (χ1) is 9.28. The molecule has 114 valence electrons. The van der Waals surface area contributed by atoms with Gasteiger partial charge in [0.25, 0.3) is 0 Å². The third-order valence-corrected chi connectivity index (χ3v) is 3.67. The minimum absolute atomic E-state index is 0.252. The predicted octanol–water partition coefficient (Wildman–Crippen LogP) is 2.14. The highest BCUT2D eigenvalue weighted by Gasteiger charge is 2.49. The van der Waals surface area contributed by atoms with E-state index in [4.69, 9.17) is 14.0 Å². The van der Waals surface area contributed by atoms with Crippen LogP contribution in [0, 0.1) is 0 Å². The van der Waals surface area contributed by atoms with Crippen molar-refractivity contribution in [2.45, 2.75) is 51.7 Å². The molecule has 20 heavy (non-hydrogen) atoms. The van der Waals surface area contributed by atoms with Gasteiger partial charge in [0, 0.05) is 6.61 Å². The van der Waals surface area contributed by atoms with E-state index < -0.39 is 0 Å². The maximum atomic E-state index is 10.8. The minimum atomic E-state index is -0.310. The normalized spacial score (nSPS) is 20.6. The van der Waals surface area contributed by atoms with Crippen molar-refractivity contribution in [2.24, 2.45) is 0 Å². The van der Waals surface area contributed by atoms with Crippen LogP contribution < -0.4 is 0 Å². The van der Waals surface area contributed by atoms with Gasteiger partial charge in [-0.25, -0.2) is 0 Å². The first kappa shape index (κ1) is 17.2. The molecule has 6 heteroatoms. The zero-order valence-electron chi connectivity index (χ0n) is 13.1. The van der Waals surface area contributed by atoms with Gasteiger partial charge in [-0.2, -0.15) is 0 Å². The molecule has 0 atom stereocenters. The summed E-state index contributed by atoms with van der Waals surface area (Å²) in [6.45, 7) is 9.05. The van der Waals surface area contributed by atoms with E-state index in [1.807, 2.05) is 39.7 Å². The van der Waals surface area contributed by atoms with Crippen LogP contribution in [0.15, 0.2) is 12.1 Å². The van der Waals surface area contributed by atoms with E-state index in [9.17, 15) is 4.79 Å². The smallest absolute Gasteiger partial charge is 0.469 e. The van der Waals surface area contributed by atoms with Crippen molar-refractivity contribution in [3.8, 4) is 0 Å². The third-order valence-electron chi connectivity index (χ3n) is 3.67. The highest BCUT2D eigenvalue weighted by molar-refractivity contribution is 6.51. The lowest BCUT2D eigenvalue weighted by atomic mass is 9.90. The molecule has 0 aliphatic carbocycles. The molecule has 1 heterocycles. The van der Waals surface area contributed by atoms with Crippen molar-refractivity contribution >= 4 is 13.1 Å². The molecule has 0 spiro atoms. The number of methoxy groups -OCH3 is 1. The van der Waals surface area contributed by atoms with E-state index >= 15 is 0 Å². The SMILES string of the molecule is COC(=O)CCOCC/C=C/B1OC(C)(C)C(C)(C)O1. The lowest BCUT2D eigenvalue weighted by Gasteiger charge is -2.32. The monoisotopic (exact) mass is 284 g/mol. The van der Waals surface area contributed by atoms with Gasteiger partial charge in [-0.05, 0) is 34.1 Å². The fourth-order valence-electron chi connectivity index (χ4n) is 1.69. The molecule has 0 aromatic heterocycles. The van der Waals surface area contributed by atoms with Gasteiger partial charge in [-0.1, -0.05) is 12.1 Å². The Morgan fingerprint density at radius 2 is 1.75 bits per heavy atom. The number of hydrogen-bond acceptors (Lipinski definition) is 5. The first-order valence-corrected chi connectivity index (χ1v) is 6.95. The Balaban J connectivity index is 2.16. The molecule has 5 nitrogen and oxygen atoms in total. The van der Waals surface area contributed by atoms with Gasteiger partial charge in [0.2, 0.25) is 0 Å². The molecule has 0 aromatic carbocycles. The van der Waals surface area contributed by atoms with Crippen molar-refractivity contribution in [3.05, 3.63) is 12.1 Å². The Morgan fingerprint density at radius 1 is 1.15 bits per heavy atom. The van der Waals surface area contributed by atoms with Crippen LogP contribution in [-0.2, 0) is 23.6 Å².